The minimum Gasteiger partial charge on any atom is -0.316 e. The van der Waals surface area contributed by atoms with Gasteiger partial charge in [0.15, 0.2) is 0 Å². The van der Waals surface area contributed by atoms with Gasteiger partial charge in [-0.2, -0.15) is 0 Å². The van der Waals surface area contributed by atoms with E-state index in [2.05, 4.69) is 21.7 Å². The van der Waals surface area contributed by atoms with Gasteiger partial charge in [0.2, 0.25) is 0 Å². The summed E-state index contributed by atoms with van der Waals surface area (Å²) in [6.45, 7) is 4.39. The third-order valence-electron chi connectivity index (χ3n) is 2.65. The quantitative estimate of drug-likeness (QED) is 0.738. The number of hydrogen-bond donors (Lipinski definition) is 2. The second kappa shape index (κ2) is 5.08. The van der Waals surface area contributed by atoms with Crippen LogP contribution in [-0.2, 0) is 6.54 Å². The maximum atomic E-state index is 4.08. The van der Waals surface area contributed by atoms with Crippen LogP contribution in [0.2, 0.25) is 0 Å². The van der Waals surface area contributed by atoms with E-state index in [9.17, 15) is 0 Å². The third kappa shape index (κ3) is 2.79. The molecule has 1 aliphatic rings. The van der Waals surface area contributed by atoms with E-state index in [1.807, 2.05) is 18.5 Å². The number of hydrogen-bond acceptors (Lipinski definition) is 3. The largest absolute Gasteiger partial charge is 0.316 e. The molecule has 0 spiro atoms. The van der Waals surface area contributed by atoms with Crippen molar-refractivity contribution in [3.8, 4) is 0 Å². The first kappa shape index (κ1) is 9.62. The lowest BCUT2D eigenvalue weighted by Crippen LogP contribution is -2.24. The topological polar surface area (TPSA) is 37.0 Å². The van der Waals surface area contributed by atoms with Crippen LogP contribution in [0.1, 0.15) is 12.0 Å². The minimum atomic E-state index is 0.812. The summed E-state index contributed by atoms with van der Waals surface area (Å²) in [5.74, 6) is 0.812. The molecule has 2 rings (SSSR count). The predicted molar refractivity (Wildman–Crippen MR) is 56.9 cm³/mol. The molecule has 0 aromatic carbocycles. The Morgan fingerprint density at radius 2 is 2.57 bits per heavy atom. The van der Waals surface area contributed by atoms with Gasteiger partial charge in [0.1, 0.15) is 0 Å². The minimum absolute atomic E-state index is 0.812. The number of aromatic nitrogens is 1. The van der Waals surface area contributed by atoms with Gasteiger partial charge in [0.05, 0.1) is 0 Å². The van der Waals surface area contributed by atoms with Gasteiger partial charge < -0.3 is 10.6 Å². The first-order valence-corrected chi connectivity index (χ1v) is 5.25. The van der Waals surface area contributed by atoms with Crippen LogP contribution in [0.4, 0.5) is 0 Å². The number of rotatable bonds is 4. The summed E-state index contributed by atoms with van der Waals surface area (Å²) in [6.07, 6.45) is 5.03. The average molecular weight is 191 g/mol. The molecule has 0 amide bonds. The molecule has 1 atom stereocenters. The molecule has 1 aromatic heterocycles. The zero-order chi connectivity index (χ0) is 9.64. The van der Waals surface area contributed by atoms with E-state index >= 15 is 0 Å². The Bertz CT molecular complexity index is 254. The lowest BCUT2D eigenvalue weighted by molar-refractivity contribution is 0.512. The fourth-order valence-electron chi connectivity index (χ4n) is 1.81. The van der Waals surface area contributed by atoms with Crippen LogP contribution in [0.25, 0.3) is 0 Å². The molecule has 2 heterocycles. The molecule has 1 unspecified atom stereocenters. The predicted octanol–water partition coefficient (Wildman–Crippen LogP) is 0.781. The Morgan fingerprint density at radius 1 is 1.57 bits per heavy atom. The molecular formula is C11H17N3. The Hall–Kier alpha value is -0.930. The van der Waals surface area contributed by atoms with Crippen molar-refractivity contribution < 1.29 is 0 Å². The van der Waals surface area contributed by atoms with Gasteiger partial charge >= 0.3 is 0 Å². The first-order valence-electron chi connectivity index (χ1n) is 5.25. The molecule has 0 saturated carbocycles. The van der Waals surface area contributed by atoms with Gasteiger partial charge in [-0.1, -0.05) is 6.07 Å². The van der Waals surface area contributed by atoms with Crippen LogP contribution < -0.4 is 10.6 Å². The van der Waals surface area contributed by atoms with E-state index in [1.54, 1.807) is 0 Å². The van der Waals surface area contributed by atoms with E-state index in [-0.39, 0.29) is 0 Å². The molecule has 1 aromatic rings. The Labute approximate surface area is 84.9 Å². The van der Waals surface area contributed by atoms with Crippen molar-refractivity contribution in [2.75, 3.05) is 19.6 Å². The van der Waals surface area contributed by atoms with Crippen LogP contribution in [0.5, 0.6) is 0 Å². The number of pyridine rings is 1. The maximum Gasteiger partial charge on any atom is 0.0312 e. The van der Waals surface area contributed by atoms with Crippen LogP contribution in [0, 0.1) is 5.92 Å². The third-order valence-corrected chi connectivity index (χ3v) is 2.65. The fourth-order valence-corrected chi connectivity index (χ4v) is 1.81. The lowest BCUT2D eigenvalue weighted by atomic mass is 10.1. The van der Waals surface area contributed by atoms with Crippen molar-refractivity contribution in [3.63, 3.8) is 0 Å². The fraction of sp³-hybridized carbons (Fsp3) is 0.545. The molecule has 76 valence electrons. The highest BCUT2D eigenvalue weighted by molar-refractivity contribution is 5.07. The standard InChI is InChI=1S/C11H17N3/c1-2-10(6-12-4-1)8-14-9-11-3-5-13-7-11/h1-2,4,6,11,13-14H,3,5,7-9H2. The molecular weight excluding hydrogens is 174 g/mol. The molecule has 1 fully saturated rings. The van der Waals surface area contributed by atoms with E-state index in [0.29, 0.717) is 0 Å². The van der Waals surface area contributed by atoms with Gasteiger partial charge in [-0.3, -0.25) is 4.98 Å². The Kier molecular flexibility index (Phi) is 3.49. The normalized spacial score (nSPS) is 21.3. The van der Waals surface area contributed by atoms with Crippen molar-refractivity contribution in [1.82, 2.24) is 15.6 Å². The van der Waals surface area contributed by atoms with Crippen LogP contribution >= 0.6 is 0 Å². The van der Waals surface area contributed by atoms with Crippen LogP contribution in [-0.4, -0.2) is 24.6 Å². The summed E-state index contributed by atoms with van der Waals surface area (Å²) in [5, 5.41) is 6.83. The summed E-state index contributed by atoms with van der Waals surface area (Å²) in [7, 11) is 0. The molecule has 3 nitrogen and oxygen atoms in total. The van der Waals surface area contributed by atoms with E-state index in [4.69, 9.17) is 0 Å². The molecule has 0 bridgehead atoms. The Morgan fingerprint density at radius 3 is 3.29 bits per heavy atom. The summed E-state index contributed by atoms with van der Waals surface area (Å²) in [5.41, 5.74) is 1.26. The van der Waals surface area contributed by atoms with Gasteiger partial charge in [0.25, 0.3) is 0 Å². The highest BCUT2D eigenvalue weighted by atomic mass is 14.9. The summed E-state index contributed by atoms with van der Waals surface area (Å²) in [6, 6.07) is 4.08. The van der Waals surface area contributed by atoms with Crippen molar-refractivity contribution in [3.05, 3.63) is 30.1 Å². The molecule has 1 aliphatic heterocycles. The van der Waals surface area contributed by atoms with E-state index in [1.165, 1.54) is 25.1 Å². The van der Waals surface area contributed by atoms with Crippen molar-refractivity contribution in [1.29, 1.82) is 0 Å². The second-order valence-corrected chi connectivity index (χ2v) is 3.85. The summed E-state index contributed by atoms with van der Waals surface area (Å²) >= 11 is 0. The van der Waals surface area contributed by atoms with E-state index in [0.717, 1.165) is 19.0 Å². The van der Waals surface area contributed by atoms with Crippen molar-refractivity contribution in [2.45, 2.75) is 13.0 Å². The van der Waals surface area contributed by atoms with Gasteiger partial charge in [-0.25, -0.2) is 0 Å². The summed E-state index contributed by atoms with van der Waals surface area (Å²) in [4.78, 5) is 4.08. The average Bonchev–Trinajstić information content (AvgIpc) is 2.72. The van der Waals surface area contributed by atoms with Crippen molar-refractivity contribution >= 4 is 0 Å². The zero-order valence-electron chi connectivity index (χ0n) is 8.37. The zero-order valence-corrected chi connectivity index (χ0v) is 8.37. The number of nitrogens with one attached hydrogen (secondary N) is 2. The lowest BCUT2D eigenvalue weighted by Gasteiger charge is -2.09. The Balaban J connectivity index is 1.67. The van der Waals surface area contributed by atoms with Gasteiger partial charge in [-0.05, 0) is 43.6 Å². The van der Waals surface area contributed by atoms with E-state index < -0.39 is 0 Å². The molecule has 3 heteroatoms. The SMILES string of the molecule is c1cncc(CNCC2CCNC2)c1. The maximum absolute atomic E-state index is 4.08. The number of nitrogens with zero attached hydrogens (tertiary/aromatic N) is 1. The first-order chi connectivity index (χ1) is 6.95. The van der Waals surface area contributed by atoms with Gasteiger partial charge in [-0.15, -0.1) is 0 Å². The summed E-state index contributed by atoms with van der Waals surface area (Å²) < 4.78 is 0. The molecule has 2 N–H and O–H groups in total. The molecule has 1 saturated heterocycles. The highest BCUT2D eigenvalue weighted by Crippen LogP contribution is 2.05. The second-order valence-electron chi connectivity index (χ2n) is 3.85. The smallest absolute Gasteiger partial charge is 0.0312 e. The highest BCUT2D eigenvalue weighted by Gasteiger charge is 2.12. The van der Waals surface area contributed by atoms with Crippen LogP contribution in [0.3, 0.4) is 0 Å². The monoisotopic (exact) mass is 191 g/mol. The van der Waals surface area contributed by atoms with Gasteiger partial charge in [0, 0.05) is 18.9 Å². The molecule has 0 aliphatic carbocycles. The molecule has 14 heavy (non-hydrogen) atoms. The molecule has 0 radical (unpaired) electrons. The van der Waals surface area contributed by atoms with Crippen LogP contribution in [0.15, 0.2) is 24.5 Å². The van der Waals surface area contributed by atoms with Crippen molar-refractivity contribution in [2.24, 2.45) is 5.92 Å².